The summed E-state index contributed by atoms with van der Waals surface area (Å²) in [5.74, 6) is -0.251. The molecule has 0 N–H and O–H groups in total. The molecule has 3 nitrogen and oxygen atoms in total. The summed E-state index contributed by atoms with van der Waals surface area (Å²) in [7, 11) is 0. The van der Waals surface area contributed by atoms with Crippen LogP contribution in [0.15, 0.2) is 163 Å². The summed E-state index contributed by atoms with van der Waals surface area (Å²) < 4.78 is 0. The second-order valence-electron chi connectivity index (χ2n) is 15.5. The van der Waals surface area contributed by atoms with Crippen molar-refractivity contribution >= 4 is 46.0 Å². The molecule has 0 amide bonds. The molecule has 264 valence electrons. The highest BCUT2D eigenvalue weighted by Crippen LogP contribution is 2.53. The zero-order valence-corrected chi connectivity index (χ0v) is 31.5. The highest BCUT2D eigenvalue weighted by Gasteiger charge is 2.37. The molecule has 2 aliphatic rings. The summed E-state index contributed by atoms with van der Waals surface area (Å²) in [4.78, 5) is 27.1. The molecule has 0 saturated heterocycles. The van der Waals surface area contributed by atoms with Crippen LogP contribution in [0.5, 0.6) is 0 Å². The molecule has 0 heterocycles. The maximum atomic E-state index is 13.2. The molecule has 0 aliphatic heterocycles. The third-order valence-corrected chi connectivity index (χ3v) is 11.6. The molecular formula is C51H43NO2. The smallest absolute Gasteiger partial charge is 0.189 e. The summed E-state index contributed by atoms with van der Waals surface area (Å²) >= 11 is 0. The number of nitrogens with zero attached hydrogens (tertiary/aromatic N) is 1. The lowest BCUT2D eigenvalue weighted by Crippen LogP contribution is -2.18. The van der Waals surface area contributed by atoms with E-state index in [0.29, 0.717) is 11.9 Å². The quantitative estimate of drug-likeness (QED) is 0.0855. The van der Waals surface area contributed by atoms with Gasteiger partial charge in [-0.2, -0.15) is 0 Å². The van der Waals surface area contributed by atoms with Gasteiger partial charge in [0.15, 0.2) is 12.1 Å². The van der Waals surface area contributed by atoms with Gasteiger partial charge in [0.2, 0.25) is 0 Å². The topological polar surface area (TPSA) is 37.4 Å². The molecule has 0 saturated carbocycles. The van der Waals surface area contributed by atoms with E-state index in [-0.39, 0.29) is 27.8 Å². The van der Waals surface area contributed by atoms with E-state index in [1.807, 2.05) is 12.1 Å². The monoisotopic (exact) mass is 701 g/mol. The molecule has 6 aromatic rings. The van der Waals surface area contributed by atoms with Gasteiger partial charge in [0.25, 0.3) is 0 Å². The Labute approximate surface area is 318 Å². The van der Waals surface area contributed by atoms with Crippen LogP contribution in [0.3, 0.4) is 0 Å². The lowest BCUT2D eigenvalue weighted by atomic mass is 9.82. The maximum Gasteiger partial charge on any atom is 0.189 e. The van der Waals surface area contributed by atoms with Gasteiger partial charge in [-0.05, 0) is 122 Å². The van der Waals surface area contributed by atoms with Crippen LogP contribution in [0, 0.1) is 0 Å². The van der Waals surface area contributed by atoms with E-state index in [0.717, 1.165) is 33.4 Å². The Morgan fingerprint density at radius 2 is 1.06 bits per heavy atom. The van der Waals surface area contributed by atoms with E-state index in [1.54, 1.807) is 6.92 Å². The first-order chi connectivity index (χ1) is 26.0. The van der Waals surface area contributed by atoms with Gasteiger partial charge in [-0.15, -0.1) is 0 Å². The standard InChI is InChI=1S/C51H43NO2/c1-8-34(31-53)40(9-2)49(54)32(3)26-33-18-19-36-28-37(21-20-35(36)27-33)52(38-22-24-43-41-14-10-12-16-45(41)50(4,5)47(43)29-38)39-23-25-44-42-15-11-13-17-46(42)51(6,7)48(44)30-39/h8-31H,1-2H2,3-7H3/b32-26?,40-34-. The predicted octanol–water partition coefficient (Wildman–Crippen LogP) is 12.8. The van der Waals surface area contributed by atoms with E-state index in [2.05, 4.69) is 161 Å². The van der Waals surface area contributed by atoms with E-state index < -0.39 is 0 Å². The first-order valence-corrected chi connectivity index (χ1v) is 18.5. The number of hydrogen-bond donors (Lipinski definition) is 0. The second kappa shape index (κ2) is 13.0. The number of carbonyl (C=O) groups is 2. The fourth-order valence-corrected chi connectivity index (χ4v) is 8.68. The largest absolute Gasteiger partial charge is 0.310 e. The molecule has 0 unspecified atom stereocenters. The van der Waals surface area contributed by atoms with Gasteiger partial charge < -0.3 is 4.90 Å². The minimum atomic E-state index is -0.251. The Morgan fingerprint density at radius 1 is 0.574 bits per heavy atom. The molecule has 0 bridgehead atoms. The number of benzene rings is 6. The number of fused-ring (bicyclic) bond motifs is 7. The number of rotatable bonds is 9. The summed E-state index contributed by atoms with van der Waals surface area (Å²) in [6.45, 7) is 18.5. The molecule has 54 heavy (non-hydrogen) atoms. The Morgan fingerprint density at radius 3 is 1.59 bits per heavy atom. The number of anilines is 3. The van der Waals surface area contributed by atoms with Crippen LogP contribution in [-0.2, 0) is 20.4 Å². The van der Waals surface area contributed by atoms with Gasteiger partial charge in [-0.25, -0.2) is 0 Å². The van der Waals surface area contributed by atoms with Crippen molar-refractivity contribution in [2.24, 2.45) is 0 Å². The molecule has 6 aromatic carbocycles. The third kappa shape index (κ3) is 5.42. The van der Waals surface area contributed by atoms with Crippen molar-refractivity contribution in [2.45, 2.75) is 45.4 Å². The van der Waals surface area contributed by atoms with Gasteiger partial charge in [0, 0.05) is 39.0 Å². The van der Waals surface area contributed by atoms with Crippen LogP contribution in [0.1, 0.15) is 62.4 Å². The van der Waals surface area contributed by atoms with Gasteiger partial charge in [0.05, 0.1) is 0 Å². The number of ketones is 1. The Hall–Kier alpha value is -6.32. The Bertz CT molecular complexity index is 2530. The SMILES string of the molecule is C=C/C(C=O)=C(\C=C)C(=O)C(C)=Cc1ccc2cc(N(c3ccc4c(c3)C(C)(C)c3ccccc3-4)c3ccc4c(c3)C(C)(C)c3ccccc3-4)ccc2c1. The summed E-state index contributed by atoms with van der Waals surface area (Å²) in [6.07, 6.45) is 5.29. The van der Waals surface area contributed by atoms with Crippen molar-refractivity contribution in [3.63, 3.8) is 0 Å². The van der Waals surface area contributed by atoms with Crippen LogP contribution in [0.2, 0.25) is 0 Å². The maximum absolute atomic E-state index is 13.2. The molecule has 0 radical (unpaired) electrons. The lowest BCUT2D eigenvalue weighted by Gasteiger charge is -2.30. The fourth-order valence-electron chi connectivity index (χ4n) is 8.68. The predicted molar refractivity (Wildman–Crippen MR) is 226 cm³/mol. The zero-order chi connectivity index (χ0) is 37.9. The van der Waals surface area contributed by atoms with E-state index in [1.165, 1.54) is 56.7 Å². The molecule has 0 spiro atoms. The van der Waals surface area contributed by atoms with Crippen LogP contribution in [0.25, 0.3) is 39.1 Å². The average Bonchev–Trinajstić information content (AvgIpc) is 3.56. The van der Waals surface area contributed by atoms with Gasteiger partial charge in [-0.3, -0.25) is 9.59 Å². The number of aldehydes is 1. The summed E-state index contributed by atoms with van der Waals surface area (Å²) in [5.41, 5.74) is 15.4. The third-order valence-electron chi connectivity index (χ3n) is 11.6. The van der Waals surface area contributed by atoms with Gasteiger partial charge in [-0.1, -0.05) is 132 Å². The Kier molecular flexibility index (Phi) is 8.34. The molecule has 3 heteroatoms. The van der Waals surface area contributed by atoms with E-state index in [4.69, 9.17) is 0 Å². The van der Waals surface area contributed by atoms with Crippen molar-refractivity contribution in [2.75, 3.05) is 4.90 Å². The Balaban J connectivity index is 1.24. The lowest BCUT2D eigenvalue weighted by molar-refractivity contribution is -0.112. The molecule has 8 rings (SSSR count). The average molecular weight is 702 g/mol. The second-order valence-corrected chi connectivity index (χ2v) is 15.5. The molecule has 0 fully saturated rings. The number of carbonyl (C=O) groups excluding carboxylic acids is 2. The minimum absolute atomic E-state index is 0.134. The van der Waals surface area contributed by atoms with Gasteiger partial charge in [0.1, 0.15) is 0 Å². The zero-order valence-electron chi connectivity index (χ0n) is 31.5. The normalized spacial score (nSPS) is 15.0. The number of allylic oxidation sites excluding steroid dienone is 5. The van der Waals surface area contributed by atoms with Gasteiger partial charge >= 0.3 is 0 Å². The number of hydrogen-bond acceptors (Lipinski definition) is 3. The first kappa shape index (κ1) is 34.7. The highest BCUT2D eigenvalue weighted by molar-refractivity contribution is 6.15. The summed E-state index contributed by atoms with van der Waals surface area (Å²) in [6, 6.07) is 44.2. The van der Waals surface area contributed by atoms with Crippen molar-refractivity contribution in [1.82, 2.24) is 0 Å². The summed E-state index contributed by atoms with van der Waals surface area (Å²) in [5, 5.41) is 2.14. The minimum Gasteiger partial charge on any atom is -0.310 e. The van der Waals surface area contributed by atoms with Crippen molar-refractivity contribution in [3.8, 4) is 22.3 Å². The fraction of sp³-hybridized carbons (Fsp3) is 0.137. The van der Waals surface area contributed by atoms with Crippen molar-refractivity contribution in [3.05, 3.63) is 191 Å². The van der Waals surface area contributed by atoms with E-state index >= 15 is 0 Å². The first-order valence-electron chi connectivity index (χ1n) is 18.5. The van der Waals surface area contributed by atoms with Crippen LogP contribution >= 0.6 is 0 Å². The molecule has 0 aromatic heterocycles. The van der Waals surface area contributed by atoms with Crippen molar-refractivity contribution < 1.29 is 9.59 Å². The van der Waals surface area contributed by atoms with Crippen LogP contribution in [-0.4, -0.2) is 12.1 Å². The van der Waals surface area contributed by atoms with Crippen LogP contribution < -0.4 is 4.90 Å². The van der Waals surface area contributed by atoms with Crippen molar-refractivity contribution in [1.29, 1.82) is 0 Å². The molecular weight excluding hydrogens is 659 g/mol. The van der Waals surface area contributed by atoms with E-state index in [9.17, 15) is 9.59 Å². The highest BCUT2D eigenvalue weighted by atomic mass is 16.1. The van der Waals surface area contributed by atoms with Crippen LogP contribution in [0.4, 0.5) is 17.1 Å². The molecule has 2 aliphatic carbocycles. The molecule has 0 atom stereocenters. The number of Topliss-reactive ketones (excluding diaryl/α,β-unsaturated/α-hetero) is 1.